The number of aliphatic carboxylic acids is 1. The van der Waals surface area contributed by atoms with E-state index in [1.165, 1.54) is 11.3 Å². The van der Waals surface area contributed by atoms with Gasteiger partial charge < -0.3 is 15.7 Å². The molecule has 21 heavy (non-hydrogen) atoms. The Labute approximate surface area is 126 Å². The molecule has 1 fully saturated rings. The van der Waals surface area contributed by atoms with E-state index in [4.69, 9.17) is 10.4 Å². The molecule has 0 aliphatic heterocycles. The van der Waals surface area contributed by atoms with Crippen molar-refractivity contribution >= 4 is 28.2 Å². The SMILES string of the molecule is N#Cc1ccsc1NC(=O)CNC1CCC(C(=O)O)CC1. The van der Waals surface area contributed by atoms with Gasteiger partial charge in [0.2, 0.25) is 5.91 Å². The van der Waals surface area contributed by atoms with Crippen LogP contribution in [-0.2, 0) is 9.59 Å². The van der Waals surface area contributed by atoms with Crippen LogP contribution in [0.3, 0.4) is 0 Å². The topological polar surface area (TPSA) is 102 Å². The van der Waals surface area contributed by atoms with E-state index in [-0.39, 0.29) is 24.4 Å². The number of carbonyl (C=O) groups excluding carboxylic acids is 1. The molecule has 112 valence electrons. The molecule has 0 atom stereocenters. The summed E-state index contributed by atoms with van der Waals surface area (Å²) in [6.45, 7) is 0.172. The first-order valence-electron chi connectivity index (χ1n) is 6.83. The van der Waals surface area contributed by atoms with Crippen molar-refractivity contribution < 1.29 is 14.7 Å². The number of thiophene rings is 1. The van der Waals surface area contributed by atoms with Crippen molar-refractivity contribution in [2.75, 3.05) is 11.9 Å². The highest BCUT2D eigenvalue weighted by Gasteiger charge is 2.25. The number of carboxylic acid groups (broad SMARTS) is 1. The summed E-state index contributed by atoms with van der Waals surface area (Å²) < 4.78 is 0. The Hall–Kier alpha value is -1.91. The average molecular weight is 307 g/mol. The Morgan fingerprint density at radius 2 is 2.10 bits per heavy atom. The van der Waals surface area contributed by atoms with Crippen LogP contribution in [0, 0.1) is 17.2 Å². The van der Waals surface area contributed by atoms with Crippen molar-refractivity contribution in [3.05, 3.63) is 17.0 Å². The van der Waals surface area contributed by atoms with Crippen LogP contribution in [0.1, 0.15) is 31.2 Å². The lowest BCUT2D eigenvalue weighted by Gasteiger charge is -2.26. The van der Waals surface area contributed by atoms with E-state index < -0.39 is 5.97 Å². The first-order chi connectivity index (χ1) is 10.1. The Morgan fingerprint density at radius 1 is 1.38 bits per heavy atom. The summed E-state index contributed by atoms with van der Waals surface area (Å²) in [5.41, 5.74) is 0.468. The van der Waals surface area contributed by atoms with Crippen LogP contribution < -0.4 is 10.6 Å². The van der Waals surface area contributed by atoms with Crippen LogP contribution >= 0.6 is 11.3 Å². The van der Waals surface area contributed by atoms with Crippen LogP contribution in [-0.4, -0.2) is 29.6 Å². The molecule has 1 aliphatic carbocycles. The third-order valence-electron chi connectivity index (χ3n) is 3.67. The number of nitriles is 1. The molecule has 1 aromatic rings. The molecule has 1 aliphatic rings. The van der Waals surface area contributed by atoms with Gasteiger partial charge in [-0.1, -0.05) is 0 Å². The van der Waals surface area contributed by atoms with Crippen LogP contribution in [0.4, 0.5) is 5.00 Å². The minimum absolute atomic E-state index is 0.172. The fourth-order valence-electron chi connectivity index (χ4n) is 2.45. The zero-order valence-corrected chi connectivity index (χ0v) is 12.3. The van der Waals surface area contributed by atoms with Gasteiger partial charge >= 0.3 is 5.97 Å². The second-order valence-electron chi connectivity index (χ2n) is 5.09. The van der Waals surface area contributed by atoms with Crippen molar-refractivity contribution in [1.82, 2.24) is 5.32 Å². The number of rotatable bonds is 5. The van der Waals surface area contributed by atoms with Gasteiger partial charge in [0.1, 0.15) is 11.1 Å². The lowest BCUT2D eigenvalue weighted by Crippen LogP contribution is -2.39. The molecule has 0 radical (unpaired) electrons. The van der Waals surface area contributed by atoms with Crippen LogP contribution in [0.15, 0.2) is 11.4 Å². The first kappa shape index (κ1) is 15.5. The molecule has 1 saturated carbocycles. The van der Waals surface area contributed by atoms with E-state index in [0.29, 0.717) is 23.4 Å². The third kappa shape index (κ3) is 4.28. The van der Waals surface area contributed by atoms with E-state index in [1.54, 1.807) is 11.4 Å². The minimum atomic E-state index is -0.729. The summed E-state index contributed by atoms with van der Waals surface area (Å²) in [6.07, 6.45) is 2.84. The van der Waals surface area contributed by atoms with Crippen LogP contribution in [0.2, 0.25) is 0 Å². The third-order valence-corrected chi connectivity index (χ3v) is 4.50. The van der Waals surface area contributed by atoms with E-state index in [2.05, 4.69) is 10.6 Å². The highest BCUT2D eigenvalue weighted by Crippen LogP contribution is 2.24. The number of carboxylic acids is 1. The quantitative estimate of drug-likeness (QED) is 0.769. The maximum Gasteiger partial charge on any atom is 0.306 e. The van der Waals surface area contributed by atoms with Crippen molar-refractivity contribution in [2.45, 2.75) is 31.7 Å². The molecule has 0 saturated heterocycles. The Kier molecular flexibility index (Phi) is 5.31. The van der Waals surface area contributed by atoms with Crippen molar-refractivity contribution in [3.63, 3.8) is 0 Å². The summed E-state index contributed by atoms with van der Waals surface area (Å²) >= 11 is 1.32. The summed E-state index contributed by atoms with van der Waals surface area (Å²) in [7, 11) is 0. The van der Waals surface area contributed by atoms with Crippen LogP contribution in [0.25, 0.3) is 0 Å². The molecule has 6 nitrogen and oxygen atoms in total. The largest absolute Gasteiger partial charge is 0.481 e. The van der Waals surface area contributed by atoms with E-state index in [1.807, 2.05) is 6.07 Å². The number of hydrogen-bond donors (Lipinski definition) is 3. The normalized spacial score (nSPS) is 21.5. The number of nitrogens with one attached hydrogen (secondary N) is 2. The second-order valence-corrected chi connectivity index (χ2v) is 6.01. The second kappa shape index (κ2) is 7.20. The van der Waals surface area contributed by atoms with Gasteiger partial charge in [-0.3, -0.25) is 9.59 Å². The molecule has 1 aromatic heterocycles. The molecular formula is C14H17N3O3S. The van der Waals surface area contributed by atoms with Gasteiger partial charge in [-0.2, -0.15) is 5.26 Å². The fraction of sp³-hybridized carbons (Fsp3) is 0.500. The lowest BCUT2D eigenvalue weighted by atomic mass is 9.86. The Balaban J connectivity index is 1.73. The molecule has 2 rings (SSSR count). The van der Waals surface area contributed by atoms with Gasteiger partial charge in [-0.05, 0) is 37.1 Å². The number of hydrogen-bond acceptors (Lipinski definition) is 5. The number of anilines is 1. The predicted octanol–water partition coefficient (Wildman–Crippen LogP) is 1.79. The van der Waals surface area contributed by atoms with Gasteiger partial charge in [-0.25, -0.2) is 0 Å². The van der Waals surface area contributed by atoms with E-state index >= 15 is 0 Å². The number of nitrogens with zero attached hydrogens (tertiary/aromatic N) is 1. The molecule has 0 aromatic carbocycles. The Bertz CT molecular complexity index is 556. The van der Waals surface area contributed by atoms with Crippen molar-refractivity contribution in [2.24, 2.45) is 5.92 Å². The van der Waals surface area contributed by atoms with Crippen molar-refractivity contribution in [1.29, 1.82) is 5.26 Å². The predicted molar refractivity (Wildman–Crippen MR) is 79.0 cm³/mol. The molecule has 1 heterocycles. The molecule has 7 heteroatoms. The fourth-order valence-corrected chi connectivity index (χ4v) is 3.20. The van der Waals surface area contributed by atoms with Gasteiger partial charge in [-0.15, -0.1) is 11.3 Å². The summed E-state index contributed by atoms with van der Waals surface area (Å²) in [5.74, 6) is -1.16. The van der Waals surface area contributed by atoms with Gasteiger partial charge in [0.25, 0.3) is 0 Å². The average Bonchev–Trinajstić information content (AvgIpc) is 2.92. The van der Waals surface area contributed by atoms with E-state index in [9.17, 15) is 9.59 Å². The summed E-state index contributed by atoms with van der Waals surface area (Å²) in [5, 5.41) is 26.0. The highest BCUT2D eigenvalue weighted by molar-refractivity contribution is 7.14. The monoisotopic (exact) mass is 307 g/mol. The maximum atomic E-state index is 11.8. The van der Waals surface area contributed by atoms with Crippen LogP contribution in [0.5, 0.6) is 0 Å². The van der Waals surface area contributed by atoms with Gasteiger partial charge in [0.05, 0.1) is 18.0 Å². The lowest BCUT2D eigenvalue weighted by molar-refractivity contribution is -0.143. The summed E-state index contributed by atoms with van der Waals surface area (Å²) in [6, 6.07) is 3.87. The van der Waals surface area contributed by atoms with E-state index in [0.717, 1.165) is 12.8 Å². The zero-order chi connectivity index (χ0) is 15.2. The molecule has 3 N–H and O–H groups in total. The molecule has 1 amide bonds. The molecular weight excluding hydrogens is 290 g/mol. The number of amides is 1. The molecule has 0 bridgehead atoms. The molecule has 0 unspecified atom stereocenters. The highest BCUT2D eigenvalue weighted by atomic mass is 32.1. The minimum Gasteiger partial charge on any atom is -0.481 e. The molecule has 0 spiro atoms. The van der Waals surface area contributed by atoms with Gasteiger partial charge in [0.15, 0.2) is 0 Å². The summed E-state index contributed by atoms with van der Waals surface area (Å²) in [4.78, 5) is 22.7. The zero-order valence-electron chi connectivity index (χ0n) is 11.5. The smallest absolute Gasteiger partial charge is 0.306 e. The standard InChI is InChI=1S/C14H17N3O3S/c15-7-10-5-6-21-13(10)17-12(18)8-16-11-3-1-9(2-4-11)14(19)20/h5-6,9,11,16H,1-4,8H2,(H,17,18)(H,19,20). The maximum absolute atomic E-state index is 11.8. The van der Waals surface area contributed by atoms with Crippen molar-refractivity contribution in [3.8, 4) is 6.07 Å². The number of carbonyl (C=O) groups is 2. The first-order valence-corrected chi connectivity index (χ1v) is 7.71. The Morgan fingerprint density at radius 3 is 2.71 bits per heavy atom. The van der Waals surface area contributed by atoms with Gasteiger partial charge in [0, 0.05) is 6.04 Å².